The lowest BCUT2D eigenvalue weighted by Gasteiger charge is -2.28. The van der Waals surface area contributed by atoms with Crippen molar-refractivity contribution >= 4 is 27.5 Å². The number of nitrogens with zero attached hydrogens (tertiary/aromatic N) is 1. The Balaban J connectivity index is 2.05. The van der Waals surface area contributed by atoms with Gasteiger partial charge in [0.1, 0.15) is 10.7 Å². The van der Waals surface area contributed by atoms with Gasteiger partial charge < -0.3 is 4.90 Å². The van der Waals surface area contributed by atoms with Crippen LogP contribution in [0.5, 0.6) is 0 Å². The molecule has 0 fully saturated rings. The highest BCUT2D eigenvalue weighted by molar-refractivity contribution is 7.89. The van der Waals surface area contributed by atoms with Crippen LogP contribution in [0.1, 0.15) is 19.4 Å². The average molecular weight is 413 g/mol. The maximum absolute atomic E-state index is 13.8. The maximum Gasteiger partial charge on any atom is 0.244 e. The van der Waals surface area contributed by atoms with Gasteiger partial charge in [0, 0.05) is 18.1 Å². The molecule has 2 aromatic carbocycles. The molecule has 0 radical (unpaired) electrons. The van der Waals surface area contributed by atoms with Gasteiger partial charge in [-0.25, -0.2) is 12.8 Å². The van der Waals surface area contributed by atoms with Gasteiger partial charge in [-0.05, 0) is 50.1 Å². The molecule has 27 heavy (non-hydrogen) atoms. The van der Waals surface area contributed by atoms with Crippen molar-refractivity contribution in [3.8, 4) is 0 Å². The van der Waals surface area contributed by atoms with E-state index in [2.05, 4.69) is 4.72 Å². The highest BCUT2D eigenvalue weighted by atomic mass is 35.5. The van der Waals surface area contributed by atoms with E-state index in [-0.39, 0.29) is 6.04 Å². The topological polar surface area (TPSA) is 66.5 Å². The zero-order valence-corrected chi connectivity index (χ0v) is 16.9. The minimum atomic E-state index is -4.15. The third kappa shape index (κ3) is 5.51. The van der Waals surface area contributed by atoms with Crippen molar-refractivity contribution < 1.29 is 17.6 Å². The van der Waals surface area contributed by atoms with Crippen LogP contribution in [0.3, 0.4) is 0 Å². The molecule has 5 nitrogen and oxygen atoms in total. The molecule has 1 N–H and O–H groups in total. The van der Waals surface area contributed by atoms with E-state index in [1.54, 1.807) is 19.2 Å². The molecule has 146 valence electrons. The van der Waals surface area contributed by atoms with Crippen molar-refractivity contribution in [3.63, 3.8) is 0 Å². The van der Waals surface area contributed by atoms with Crippen LogP contribution in [0.15, 0.2) is 53.4 Å². The molecule has 0 saturated carbocycles. The van der Waals surface area contributed by atoms with Crippen molar-refractivity contribution in [1.82, 2.24) is 9.62 Å². The van der Waals surface area contributed by atoms with Crippen LogP contribution in [-0.2, 0) is 21.2 Å². The predicted molar refractivity (Wildman–Crippen MR) is 104 cm³/mol. The molecule has 2 aromatic rings. The summed E-state index contributed by atoms with van der Waals surface area (Å²) in [4.78, 5) is 13.6. The largest absolute Gasteiger partial charge is 0.341 e. The summed E-state index contributed by atoms with van der Waals surface area (Å²) < 4.78 is 40.7. The van der Waals surface area contributed by atoms with Crippen molar-refractivity contribution in [2.24, 2.45) is 0 Å². The number of nitrogens with one attached hydrogen (secondary N) is 1. The Morgan fingerprint density at radius 3 is 2.33 bits per heavy atom. The predicted octanol–water partition coefficient (Wildman–Crippen LogP) is 3.24. The fourth-order valence-electron chi connectivity index (χ4n) is 2.63. The summed E-state index contributed by atoms with van der Waals surface area (Å²) in [6.45, 7) is 3.30. The summed E-state index contributed by atoms with van der Waals surface area (Å²) in [5.74, 6) is -1.27. The second-order valence-corrected chi connectivity index (χ2v) is 8.52. The Morgan fingerprint density at radius 1 is 1.15 bits per heavy atom. The van der Waals surface area contributed by atoms with E-state index in [4.69, 9.17) is 11.6 Å². The number of benzene rings is 2. The van der Waals surface area contributed by atoms with E-state index in [0.717, 1.165) is 17.7 Å². The van der Waals surface area contributed by atoms with Crippen LogP contribution in [0, 0.1) is 5.82 Å². The van der Waals surface area contributed by atoms with Crippen LogP contribution in [-0.4, -0.2) is 38.4 Å². The number of hydrogen-bond donors (Lipinski definition) is 1. The van der Waals surface area contributed by atoms with Crippen molar-refractivity contribution in [2.45, 2.75) is 37.2 Å². The normalized spacial score (nSPS) is 13.8. The number of likely N-dealkylation sites (N-methyl/N-ethyl adjacent to an activating group) is 1. The molecule has 8 heteroatoms. The van der Waals surface area contributed by atoms with Crippen LogP contribution >= 0.6 is 11.6 Å². The molecule has 0 bridgehead atoms. The fourth-order valence-corrected chi connectivity index (χ4v) is 4.03. The molecule has 0 saturated heterocycles. The second kappa shape index (κ2) is 8.82. The molecular weight excluding hydrogens is 391 g/mol. The maximum atomic E-state index is 13.8. The number of carbonyl (C=O) groups is 1. The van der Waals surface area contributed by atoms with Crippen LogP contribution < -0.4 is 4.72 Å². The summed E-state index contributed by atoms with van der Waals surface area (Å²) in [6.07, 6.45) is 0.589. The number of hydrogen-bond acceptors (Lipinski definition) is 3. The van der Waals surface area contributed by atoms with Gasteiger partial charge in [-0.15, -0.1) is 0 Å². The summed E-state index contributed by atoms with van der Waals surface area (Å²) in [5.41, 5.74) is 1.01. The van der Waals surface area contributed by atoms with Crippen LogP contribution in [0.4, 0.5) is 4.39 Å². The molecule has 0 aliphatic rings. The van der Waals surface area contributed by atoms with Gasteiger partial charge in [-0.3, -0.25) is 4.79 Å². The van der Waals surface area contributed by atoms with Crippen molar-refractivity contribution in [2.75, 3.05) is 7.05 Å². The molecule has 0 aliphatic heterocycles. The van der Waals surface area contributed by atoms with Gasteiger partial charge in [0.2, 0.25) is 15.9 Å². The monoisotopic (exact) mass is 412 g/mol. The molecule has 2 atom stereocenters. The first-order chi connectivity index (χ1) is 12.6. The molecule has 2 rings (SSSR count). The molecule has 0 aliphatic carbocycles. The van der Waals surface area contributed by atoms with Crippen molar-refractivity contribution in [3.05, 3.63) is 64.9 Å². The minimum Gasteiger partial charge on any atom is -0.341 e. The average Bonchev–Trinajstić information content (AvgIpc) is 2.62. The Bertz CT molecular complexity index is 903. The van der Waals surface area contributed by atoms with Crippen LogP contribution in [0.25, 0.3) is 0 Å². The summed E-state index contributed by atoms with van der Waals surface area (Å²) >= 11 is 5.87. The highest BCUT2D eigenvalue weighted by Gasteiger charge is 2.27. The van der Waals surface area contributed by atoms with E-state index in [0.29, 0.717) is 11.4 Å². The Kier molecular flexibility index (Phi) is 6.97. The number of amides is 1. The summed E-state index contributed by atoms with van der Waals surface area (Å²) in [7, 11) is -2.54. The number of rotatable bonds is 7. The SMILES string of the molecule is CC(Cc1ccc(Cl)cc1)N(C)C(=O)[C@H](C)NS(=O)(=O)c1ccccc1F. The lowest BCUT2D eigenvalue weighted by molar-refractivity contribution is -0.133. The van der Waals surface area contributed by atoms with E-state index < -0.39 is 32.7 Å². The molecule has 1 amide bonds. The first kappa shape index (κ1) is 21.3. The van der Waals surface area contributed by atoms with Gasteiger partial charge in [-0.2, -0.15) is 4.72 Å². The fraction of sp³-hybridized carbons (Fsp3) is 0.316. The Hall–Kier alpha value is -1.96. The van der Waals surface area contributed by atoms with Gasteiger partial charge in [0.25, 0.3) is 0 Å². The third-order valence-electron chi connectivity index (χ3n) is 4.28. The highest BCUT2D eigenvalue weighted by Crippen LogP contribution is 2.16. The Labute approximate surface area is 164 Å². The summed E-state index contributed by atoms with van der Waals surface area (Å²) in [6, 6.07) is 11.1. The Morgan fingerprint density at radius 2 is 1.74 bits per heavy atom. The first-order valence-electron chi connectivity index (χ1n) is 8.40. The standard InChI is InChI=1S/C19H22ClFN2O3S/c1-13(12-15-8-10-16(20)11-9-15)23(3)19(24)14(2)22-27(25,26)18-7-5-4-6-17(18)21/h4-11,13-14,22H,12H2,1-3H3/t13?,14-/m0/s1. The van der Waals surface area contributed by atoms with Crippen LogP contribution in [0.2, 0.25) is 5.02 Å². The van der Waals surface area contributed by atoms with E-state index in [1.165, 1.54) is 24.0 Å². The molecule has 1 unspecified atom stereocenters. The smallest absolute Gasteiger partial charge is 0.244 e. The zero-order chi connectivity index (χ0) is 20.2. The lowest BCUT2D eigenvalue weighted by Crippen LogP contribution is -2.48. The quantitative estimate of drug-likeness (QED) is 0.759. The number of carbonyl (C=O) groups excluding carboxylic acids is 1. The van der Waals surface area contributed by atoms with E-state index in [9.17, 15) is 17.6 Å². The summed E-state index contributed by atoms with van der Waals surface area (Å²) in [5, 5.41) is 0.631. The van der Waals surface area contributed by atoms with Crippen molar-refractivity contribution in [1.29, 1.82) is 0 Å². The third-order valence-corrected chi connectivity index (χ3v) is 6.11. The molecule has 0 aromatic heterocycles. The van der Waals surface area contributed by atoms with E-state index in [1.807, 2.05) is 19.1 Å². The van der Waals surface area contributed by atoms with Gasteiger partial charge >= 0.3 is 0 Å². The first-order valence-corrected chi connectivity index (χ1v) is 10.3. The second-order valence-electron chi connectivity index (χ2n) is 6.40. The van der Waals surface area contributed by atoms with Gasteiger partial charge in [-0.1, -0.05) is 35.9 Å². The van der Waals surface area contributed by atoms with Gasteiger partial charge in [0.05, 0.1) is 6.04 Å². The molecule has 0 spiro atoms. The molecule has 0 heterocycles. The minimum absolute atomic E-state index is 0.168. The molecular formula is C19H22ClFN2O3S. The number of sulfonamides is 1. The number of halogens is 2. The lowest BCUT2D eigenvalue weighted by atomic mass is 10.1. The zero-order valence-electron chi connectivity index (χ0n) is 15.3. The van der Waals surface area contributed by atoms with E-state index >= 15 is 0 Å². The van der Waals surface area contributed by atoms with Gasteiger partial charge in [0.15, 0.2) is 0 Å².